The fourth-order valence-corrected chi connectivity index (χ4v) is 1.77. The van der Waals surface area contributed by atoms with E-state index in [0.717, 1.165) is 11.1 Å². The van der Waals surface area contributed by atoms with Crippen molar-refractivity contribution >= 4 is 24.2 Å². The molecule has 5 nitrogen and oxygen atoms in total. The van der Waals surface area contributed by atoms with Crippen molar-refractivity contribution in [2.24, 2.45) is 5.73 Å². The molecule has 0 heterocycles. The predicted molar refractivity (Wildman–Crippen MR) is 90.9 cm³/mol. The Morgan fingerprint density at radius 2 is 1.59 bits per heavy atom. The van der Waals surface area contributed by atoms with Crippen molar-refractivity contribution in [3.63, 3.8) is 0 Å². The zero-order valence-electron chi connectivity index (χ0n) is 13.8. The zero-order chi connectivity index (χ0) is 16.2. The molecule has 0 radical (unpaired) electrons. The maximum atomic E-state index is 12.1. The number of benzene rings is 1. The molecule has 1 rings (SSSR count). The molecule has 0 aliphatic rings. The second-order valence-electron chi connectivity index (χ2n) is 6.36. The summed E-state index contributed by atoms with van der Waals surface area (Å²) in [4.78, 5) is 24.0. The first-order valence-corrected chi connectivity index (χ1v) is 7.04. The smallest absolute Gasteiger partial charge is 0.242 e. The average molecular weight is 328 g/mol. The van der Waals surface area contributed by atoms with Gasteiger partial charge in [0.25, 0.3) is 0 Å². The molecule has 0 bridgehead atoms. The van der Waals surface area contributed by atoms with Crippen molar-refractivity contribution in [2.75, 3.05) is 0 Å². The van der Waals surface area contributed by atoms with Crippen molar-refractivity contribution in [1.82, 2.24) is 10.6 Å². The summed E-state index contributed by atoms with van der Waals surface area (Å²) in [5, 5.41) is 5.46. The number of nitrogens with two attached hydrogens (primary N) is 1. The molecule has 1 aromatic carbocycles. The monoisotopic (exact) mass is 327 g/mol. The standard InChI is InChI=1S/C16H25N3O2.ClH/c1-10-6-8-12(9-7-10)13(17)15(21)18-11(2)14(20)19-16(3,4)5;/h6-9,11,13H,17H2,1-5H3,(H,18,21)(H,19,20);1H. The molecular formula is C16H26ClN3O2. The van der Waals surface area contributed by atoms with Crippen LogP contribution in [0.3, 0.4) is 0 Å². The Bertz CT molecular complexity index is 509. The first-order valence-electron chi connectivity index (χ1n) is 7.04. The van der Waals surface area contributed by atoms with Crippen LogP contribution in [0, 0.1) is 6.92 Å². The van der Waals surface area contributed by atoms with E-state index in [9.17, 15) is 9.59 Å². The van der Waals surface area contributed by atoms with E-state index in [2.05, 4.69) is 10.6 Å². The summed E-state index contributed by atoms with van der Waals surface area (Å²) in [6, 6.07) is 6.03. The molecule has 4 N–H and O–H groups in total. The third-order valence-corrected chi connectivity index (χ3v) is 2.97. The van der Waals surface area contributed by atoms with E-state index in [4.69, 9.17) is 5.73 Å². The highest BCUT2D eigenvalue weighted by atomic mass is 35.5. The fourth-order valence-electron chi connectivity index (χ4n) is 1.77. The van der Waals surface area contributed by atoms with Gasteiger partial charge in [0.05, 0.1) is 0 Å². The lowest BCUT2D eigenvalue weighted by molar-refractivity contribution is -0.130. The number of amides is 2. The largest absolute Gasteiger partial charge is 0.350 e. The molecule has 0 fully saturated rings. The van der Waals surface area contributed by atoms with E-state index in [1.165, 1.54) is 0 Å². The minimum Gasteiger partial charge on any atom is -0.350 e. The molecular weight excluding hydrogens is 302 g/mol. The predicted octanol–water partition coefficient (Wildman–Crippen LogP) is 1.84. The van der Waals surface area contributed by atoms with Gasteiger partial charge in [-0.2, -0.15) is 0 Å². The molecule has 0 aromatic heterocycles. The summed E-state index contributed by atoms with van der Waals surface area (Å²) >= 11 is 0. The molecule has 0 spiro atoms. The molecule has 22 heavy (non-hydrogen) atoms. The quantitative estimate of drug-likeness (QED) is 0.789. The lowest BCUT2D eigenvalue weighted by Gasteiger charge is -2.24. The lowest BCUT2D eigenvalue weighted by atomic mass is 10.0. The van der Waals surface area contributed by atoms with Crippen LogP contribution in [0.2, 0.25) is 0 Å². The van der Waals surface area contributed by atoms with Crippen LogP contribution in [-0.2, 0) is 9.59 Å². The molecule has 0 aliphatic carbocycles. The van der Waals surface area contributed by atoms with Crippen LogP contribution in [0.4, 0.5) is 0 Å². The first kappa shape index (κ1) is 20.4. The van der Waals surface area contributed by atoms with Crippen molar-refractivity contribution in [2.45, 2.75) is 52.2 Å². The number of halogens is 1. The first-order chi connectivity index (χ1) is 9.60. The Kier molecular flexibility index (Phi) is 7.56. The van der Waals surface area contributed by atoms with Gasteiger partial charge in [0.1, 0.15) is 12.1 Å². The van der Waals surface area contributed by atoms with Crippen LogP contribution in [0.1, 0.15) is 44.9 Å². The Morgan fingerprint density at radius 1 is 1.09 bits per heavy atom. The zero-order valence-corrected chi connectivity index (χ0v) is 14.6. The van der Waals surface area contributed by atoms with Crippen LogP contribution >= 0.6 is 12.4 Å². The van der Waals surface area contributed by atoms with E-state index < -0.39 is 12.1 Å². The van der Waals surface area contributed by atoms with Crippen LogP contribution in [0.15, 0.2) is 24.3 Å². The topological polar surface area (TPSA) is 84.2 Å². The highest BCUT2D eigenvalue weighted by Crippen LogP contribution is 2.11. The number of hydrogen-bond acceptors (Lipinski definition) is 3. The van der Waals surface area contributed by atoms with Gasteiger partial charge in [0, 0.05) is 5.54 Å². The molecule has 2 amide bonds. The Balaban J connectivity index is 0.00000441. The maximum absolute atomic E-state index is 12.1. The third kappa shape index (κ3) is 6.45. The normalized spacial score (nSPS) is 13.5. The molecule has 0 aliphatic heterocycles. The molecule has 2 unspecified atom stereocenters. The summed E-state index contributed by atoms with van der Waals surface area (Å²) in [6.07, 6.45) is 0. The van der Waals surface area contributed by atoms with E-state index in [1.807, 2.05) is 52.0 Å². The van der Waals surface area contributed by atoms with Crippen molar-refractivity contribution < 1.29 is 9.59 Å². The van der Waals surface area contributed by atoms with Crippen molar-refractivity contribution in [3.8, 4) is 0 Å². The van der Waals surface area contributed by atoms with Crippen LogP contribution in [0.5, 0.6) is 0 Å². The van der Waals surface area contributed by atoms with Crippen LogP contribution in [0.25, 0.3) is 0 Å². The van der Waals surface area contributed by atoms with Gasteiger partial charge in [-0.1, -0.05) is 29.8 Å². The number of aryl methyl sites for hydroxylation is 1. The number of nitrogens with one attached hydrogen (secondary N) is 2. The molecule has 0 saturated heterocycles. The summed E-state index contributed by atoms with van der Waals surface area (Å²) in [7, 11) is 0. The average Bonchev–Trinajstić information content (AvgIpc) is 2.36. The van der Waals surface area contributed by atoms with Crippen molar-refractivity contribution in [3.05, 3.63) is 35.4 Å². The van der Waals surface area contributed by atoms with Gasteiger partial charge in [0.15, 0.2) is 0 Å². The van der Waals surface area contributed by atoms with E-state index in [1.54, 1.807) is 6.92 Å². The minimum absolute atomic E-state index is 0. The number of rotatable bonds is 4. The van der Waals surface area contributed by atoms with Crippen molar-refractivity contribution in [1.29, 1.82) is 0 Å². The Labute approximate surface area is 138 Å². The molecule has 6 heteroatoms. The fraction of sp³-hybridized carbons (Fsp3) is 0.500. The van der Waals surface area contributed by atoms with Gasteiger partial charge >= 0.3 is 0 Å². The van der Waals surface area contributed by atoms with Gasteiger partial charge in [0.2, 0.25) is 11.8 Å². The van der Waals surface area contributed by atoms with E-state index in [-0.39, 0.29) is 29.8 Å². The van der Waals surface area contributed by atoms with E-state index >= 15 is 0 Å². The number of carbonyl (C=O) groups excluding carboxylic acids is 2. The van der Waals surface area contributed by atoms with Gasteiger partial charge in [-0.25, -0.2) is 0 Å². The summed E-state index contributed by atoms with van der Waals surface area (Å²) in [5.74, 6) is -0.595. The second kappa shape index (κ2) is 8.15. The number of hydrogen-bond donors (Lipinski definition) is 3. The highest BCUT2D eigenvalue weighted by molar-refractivity contribution is 5.90. The summed E-state index contributed by atoms with van der Waals surface area (Å²) < 4.78 is 0. The summed E-state index contributed by atoms with van der Waals surface area (Å²) in [6.45, 7) is 9.27. The molecule has 124 valence electrons. The SMILES string of the molecule is Cc1ccc(C(N)C(=O)NC(C)C(=O)NC(C)(C)C)cc1.Cl. The highest BCUT2D eigenvalue weighted by Gasteiger charge is 2.23. The second-order valence-corrected chi connectivity index (χ2v) is 6.36. The number of carbonyl (C=O) groups is 2. The third-order valence-electron chi connectivity index (χ3n) is 2.97. The molecule has 2 atom stereocenters. The van der Waals surface area contributed by atoms with Gasteiger partial charge in [-0.05, 0) is 40.2 Å². The minimum atomic E-state index is -0.782. The Hall–Kier alpha value is -1.59. The summed E-state index contributed by atoms with van der Waals surface area (Å²) in [5.41, 5.74) is 7.41. The Morgan fingerprint density at radius 3 is 2.05 bits per heavy atom. The van der Waals surface area contributed by atoms with Crippen LogP contribution in [-0.4, -0.2) is 23.4 Å². The molecule has 1 aromatic rings. The lowest BCUT2D eigenvalue weighted by Crippen LogP contribution is -2.52. The molecule has 0 saturated carbocycles. The van der Waals surface area contributed by atoms with Gasteiger partial charge < -0.3 is 16.4 Å². The van der Waals surface area contributed by atoms with Gasteiger partial charge in [-0.15, -0.1) is 12.4 Å². The van der Waals surface area contributed by atoms with Gasteiger partial charge in [-0.3, -0.25) is 9.59 Å². The van der Waals surface area contributed by atoms with Crippen LogP contribution < -0.4 is 16.4 Å². The maximum Gasteiger partial charge on any atom is 0.242 e. The van der Waals surface area contributed by atoms with E-state index in [0.29, 0.717) is 0 Å².